The highest BCUT2D eigenvalue weighted by Gasteiger charge is 2.88. The number of aliphatic hydroxyl groups excluding tert-OH is 1. The van der Waals surface area contributed by atoms with Crippen LogP contribution in [0.5, 0.6) is 0 Å². The zero-order chi connectivity index (χ0) is 85.3. The lowest BCUT2D eigenvalue weighted by Gasteiger charge is -2.73. The molecular weight excluding hydrogens is 1410 g/mol. The van der Waals surface area contributed by atoms with Gasteiger partial charge in [-0.3, -0.25) is 16.0 Å². The Bertz CT molecular complexity index is 3390. The van der Waals surface area contributed by atoms with Gasteiger partial charge in [-0.05, 0) is 344 Å². The van der Waals surface area contributed by atoms with Gasteiger partial charge in [0, 0.05) is 66.8 Å². The molecule has 36 atom stereocenters. The van der Waals surface area contributed by atoms with Crippen LogP contribution in [-0.4, -0.2) is 90.2 Å². The van der Waals surface area contributed by atoms with Gasteiger partial charge in [0.25, 0.3) is 0 Å². The van der Waals surface area contributed by atoms with E-state index in [9.17, 15) is 5.11 Å². The predicted molar refractivity (Wildman–Crippen MR) is 481 cm³/mol. The summed E-state index contributed by atoms with van der Waals surface area (Å²) in [4.78, 5) is 0. The first-order valence-electron chi connectivity index (χ1n) is 49.5. The number of fused-ring (bicyclic) bond motifs is 21. The van der Waals surface area contributed by atoms with Gasteiger partial charge in [0.15, 0.2) is 0 Å². The van der Waals surface area contributed by atoms with E-state index in [0.717, 1.165) is 87.6 Å². The number of nitrogens with one attached hydrogen (secondary N) is 3. The average molecular weight is 1600 g/mol. The molecule has 9 nitrogen and oxygen atoms in total. The van der Waals surface area contributed by atoms with Crippen molar-refractivity contribution in [3.05, 3.63) is 26.3 Å². The predicted octanol–water partition coefficient (Wildman–Crippen LogP) is 26.7. The summed E-state index contributed by atoms with van der Waals surface area (Å²) in [6.07, 6.45) is 38.9. The Labute approximate surface area is 710 Å². The lowest BCUT2D eigenvalue weighted by atomic mass is 9.31. The molecule has 4 N–H and O–H groups in total. The van der Waals surface area contributed by atoms with E-state index in [-0.39, 0.29) is 72.6 Å². The number of piperidine rings is 3. The fraction of sp³-hybridized carbons (Fsp3) is 0.962. The normalized spacial score (nSPS) is 60.8. The van der Waals surface area contributed by atoms with E-state index in [4.69, 9.17) is 23.7 Å². The Balaban J connectivity index is 0.000000145. The first-order valence-corrected chi connectivity index (χ1v) is 49.5. The molecule has 12 saturated carbocycles. The maximum Gasteiger partial charge on any atom is 0.123 e. The minimum absolute atomic E-state index is 0.0664. The van der Waals surface area contributed by atoms with Gasteiger partial charge in [-0.15, -0.1) is 26.3 Å². The second-order valence-corrected chi connectivity index (χ2v) is 50.0. The summed E-state index contributed by atoms with van der Waals surface area (Å²) >= 11 is 0. The van der Waals surface area contributed by atoms with E-state index in [0.29, 0.717) is 94.9 Å². The molecule has 0 aromatic carbocycles. The van der Waals surface area contributed by atoms with Crippen molar-refractivity contribution in [2.45, 2.75) is 460 Å². The first kappa shape index (κ1) is 91.8. The number of aliphatic hydroxyl groups is 1. The maximum atomic E-state index is 10.7. The summed E-state index contributed by atoms with van der Waals surface area (Å²) in [7, 11) is 0. The third kappa shape index (κ3) is 11.0. The van der Waals surface area contributed by atoms with Gasteiger partial charge in [-0.1, -0.05) is 180 Å². The minimum Gasteiger partial charge on any atom is -0.393 e. The quantitative estimate of drug-likeness (QED) is 0.205. The standard InChI is InChI=1S/2C34H59NO2.C32H55NO2.C2H6.2C2H4/c2*1-11-36-25-13-16-30(7)27(4,20-25)15-14-26-28(30,5)18-19-31(8)29(26,6)22-32(9)33(31,10)24(3)34(37-32)17-12-23(2)21-35-34;1-21-10-15-32(33-19-21)22(2)31(9)29(7)17-16-26(4)24(27(29,5)20-30(31,8)35-32)12-13-25(3)18-23(34)11-14-28(25,26)6;3*1-2/h2*23-26,35H,11-22H2,1-10H3;21-24,33-34H,10-20H2,1-9H3;1-2H3;2*1-2H2/t2*23-,24-,25-,26+,27-,28-,29-,30-,31-,32-,33+,34-;21-,22-,23-,24+,25-,26-,27-,28-,29-,30-,31+,32-;;;/m000.../s1. The topological polar surface area (TPSA) is 102 Å². The minimum atomic E-state index is -0.141. The SMILES string of the molecule is C=C.C=C.CC.CCO[C@H]1CC[C@@]2(C)[C@@](C)(CC[C@@H]3[C@]2(C)CC[C@]2(C)[C@@]4(C)[C@H](C)[C@]5(CC[C@H](C)CN5)O[C@@]4(C)C[C@@]32C)C1.CCO[C@H]1CC[C@@]2(C)[C@@](C)(CC[C@@H]3[C@]2(C)CC[C@]2(C)[C@@]4(C)[C@H](C)[C@]5(CC[C@H](C)CN5)O[C@@]4(C)C[C@@]32C)C1.C[C@H]1CC[C@]2(NC1)O[C@@]1(C)C[C@@]3(C)[C@@H]4CC[C@@]5(C)C[C@@H](O)CC[C@]5(C)[C@@]4(C)CC[C@]3(C)[C@@]1(C)[C@@H]2C. The molecule has 0 radical (unpaired) electrons. The number of hydrogen-bond donors (Lipinski definition) is 4. The summed E-state index contributed by atoms with van der Waals surface area (Å²) in [5.41, 5.74) is 4.86. The average Bonchev–Trinajstić information content (AvgIpc) is 1.47. The van der Waals surface area contributed by atoms with Crippen LogP contribution in [0.3, 0.4) is 0 Å². The van der Waals surface area contributed by atoms with Gasteiger partial charge < -0.3 is 28.8 Å². The maximum absolute atomic E-state index is 10.7. The number of rotatable bonds is 4. The fourth-order valence-corrected chi connectivity index (χ4v) is 39.4. The molecule has 18 aliphatic rings. The van der Waals surface area contributed by atoms with Crippen LogP contribution >= 0.6 is 0 Å². The molecule has 6 saturated heterocycles. The Hall–Kier alpha value is -0.880. The number of ether oxygens (including phenoxy) is 5. The van der Waals surface area contributed by atoms with Gasteiger partial charge in [0.2, 0.25) is 0 Å². The molecule has 0 aromatic rings. The van der Waals surface area contributed by atoms with Crippen molar-refractivity contribution in [1.29, 1.82) is 0 Å². The largest absolute Gasteiger partial charge is 0.393 e. The van der Waals surface area contributed by atoms with E-state index >= 15 is 0 Å². The van der Waals surface area contributed by atoms with Crippen LogP contribution in [0.25, 0.3) is 0 Å². The van der Waals surface area contributed by atoms with Crippen LogP contribution in [0.15, 0.2) is 26.3 Å². The molecule has 6 aliphatic heterocycles. The molecule has 0 unspecified atom stereocenters. The summed E-state index contributed by atoms with van der Waals surface area (Å²) in [5, 5.41) is 22.6. The van der Waals surface area contributed by atoms with Crippen molar-refractivity contribution >= 4 is 0 Å². The zero-order valence-corrected chi connectivity index (χ0v) is 81.5. The van der Waals surface area contributed by atoms with Crippen molar-refractivity contribution in [3.8, 4) is 0 Å². The van der Waals surface area contributed by atoms with Gasteiger partial charge in [0.1, 0.15) is 17.2 Å². The van der Waals surface area contributed by atoms with E-state index in [1.807, 2.05) is 13.8 Å². The van der Waals surface area contributed by atoms with Crippen LogP contribution in [0.1, 0.15) is 407 Å². The molecule has 662 valence electrons. The van der Waals surface area contributed by atoms with E-state index in [2.05, 4.69) is 243 Å². The Morgan fingerprint density at radius 1 is 0.313 bits per heavy atom. The lowest BCUT2D eigenvalue weighted by molar-refractivity contribution is -0.257. The van der Waals surface area contributed by atoms with Crippen LogP contribution in [0.4, 0.5) is 0 Å². The third-order valence-corrected chi connectivity index (χ3v) is 48.4. The van der Waals surface area contributed by atoms with Crippen LogP contribution < -0.4 is 16.0 Å². The molecule has 0 aromatic heterocycles. The Kier molecular flexibility index (Phi) is 23.0. The van der Waals surface area contributed by atoms with E-state index < -0.39 is 0 Å². The molecule has 9 heteroatoms. The van der Waals surface area contributed by atoms with Crippen LogP contribution in [0, 0.1) is 151 Å². The number of hydrogen-bond acceptors (Lipinski definition) is 9. The molecule has 115 heavy (non-hydrogen) atoms. The van der Waals surface area contributed by atoms with Crippen molar-refractivity contribution in [3.63, 3.8) is 0 Å². The molecule has 18 fully saturated rings. The second-order valence-electron chi connectivity index (χ2n) is 50.0. The monoisotopic (exact) mass is 1600 g/mol. The molecular formula is C106H187N3O6. The highest BCUT2D eigenvalue weighted by atomic mass is 16.6. The van der Waals surface area contributed by atoms with Gasteiger partial charge in [-0.25, -0.2) is 0 Å². The lowest BCUT2D eigenvalue weighted by Crippen LogP contribution is -2.67. The van der Waals surface area contributed by atoms with Crippen molar-refractivity contribution in [2.24, 2.45) is 151 Å². The molecule has 0 bridgehead atoms. The highest BCUT2D eigenvalue weighted by molar-refractivity contribution is 5.36. The zero-order valence-electron chi connectivity index (χ0n) is 81.5. The van der Waals surface area contributed by atoms with Crippen molar-refractivity contribution in [1.82, 2.24) is 16.0 Å². The molecule has 12 aliphatic carbocycles. The second kappa shape index (κ2) is 28.8. The molecule has 6 heterocycles. The van der Waals surface area contributed by atoms with E-state index in [1.165, 1.54) is 173 Å². The van der Waals surface area contributed by atoms with Crippen molar-refractivity contribution < 1.29 is 28.8 Å². The Morgan fingerprint density at radius 2 is 0.574 bits per heavy atom. The first-order chi connectivity index (χ1) is 53.3. The summed E-state index contributed by atoms with van der Waals surface area (Å²) in [6, 6.07) is 0. The summed E-state index contributed by atoms with van der Waals surface area (Å²) in [5.74, 6) is 6.10. The van der Waals surface area contributed by atoms with Crippen LogP contribution in [-0.2, 0) is 23.7 Å². The molecule has 3 spiro atoms. The third-order valence-electron chi connectivity index (χ3n) is 48.4. The fourth-order valence-electron chi connectivity index (χ4n) is 39.4. The smallest absolute Gasteiger partial charge is 0.123 e. The summed E-state index contributed by atoms with van der Waals surface area (Å²) in [6.45, 7) is 96.1. The van der Waals surface area contributed by atoms with Gasteiger partial charge >= 0.3 is 0 Å². The molecule has 0 amide bonds. The van der Waals surface area contributed by atoms with Gasteiger partial charge in [0.05, 0.1) is 35.1 Å². The van der Waals surface area contributed by atoms with E-state index in [1.54, 1.807) is 0 Å². The summed E-state index contributed by atoms with van der Waals surface area (Å²) < 4.78 is 34.8. The highest BCUT2D eigenvalue weighted by Crippen LogP contribution is 2.90. The van der Waals surface area contributed by atoms with Crippen molar-refractivity contribution in [2.75, 3.05) is 32.8 Å². The molecule has 18 rings (SSSR count). The van der Waals surface area contributed by atoms with Gasteiger partial charge in [-0.2, -0.15) is 0 Å². The van der Waals surface area contributed by atoms with Crippen LogP contribution in [0.2, 0.25) is 0 Å². The Morgan fingerprint density at radius 3 is 0.826 bits per heavy atom.